The first kappa shape index (κ1) is 11.8. The largest absolute Gasteiger partial charge is 0.451 e. The molecular formula is C15H10ClNO2. The number of carbonyl (C=O) groups excluding carboxylic acids is 1. The highest BCUT2D eigenvalue weighted by atomic mass is 35.5. The molecular weight excluding hydrogens is 262 g/mol. The summed E-state index contributed by atoms with van der Waals surface area (Å²) in [5, 5.41) is 1.28. The van der Waals surface area contributed by atoms with Gasteiger partial charge in [0, 0.05) is 16.6 Å². The van der Waals surface area contributed by atoms with E-state index in [1.165, 1.54) is 0 Å². The number of benzene rings is 2. The minimum atomic E-state index is -0.245. The number of nitrogens with two attached hydrogens (primary N) is 1. The second-order valence-electron chi connectivity index (χ2n) is 4.19. The van der Waals surface area contributed by atoms with Gasteiger partial charge < -0.3 is 10.2 Å². The van der Waals surface area contributed by atoms with Crippen LogP contribution in [0.4, 0.5) is 5.69 Å². The minimum absolute atomic E-state index is 0.237. The molecule has 2 aromatic carbocycles. The van der Waals surface area contributed by atoms with Crippen LogP contribution < -0.4 is 5.73 Å². The molecule has 0 spiro atoms. The first-order valence-corrected chi connectivity index (χ1v) is 6.12. The van der Waals surface area contributed by atoms with Crippen molar-refractivity contribution in [2.75, 3.05) is 5.73 Å². The zero-order valence-electron chi connectivity index (χ0n) is 9.89. The lowest BCUT2D eigenvalue weighted by molar-refractivity contribution is 0.101. The van der Waals surface area contributed by atoms with Crippen LogP contribution in [-0.4, -0.2) is 5.78 Å². The fraction of sp³-hybridized carbons (Fsp3) is 0. The van der Waals surface area contributed by atoms with Gasteiger partial charge in [-0.05, 0) is 24.3 Å². The summed E-state index contributed by atoms with van der Waals surface area (Å²) in [6.45, 7) is 0. The Labute approximate surface area is 114 Å². The zero-order chi connectivity index (χ0) is 13.4. The van der Waals surface area contributed by atoms with Crippen molar-refractivity contribution < 1.29 is 9.21 Å². The van der Waals surface area contributed by atoms with Crippen molar-refractivity contribution in [3.8, 4) is 0 Å². The summed E-state index contributed by atoms with van der Waals surface area (Å²) in [5.74, 6) is -0.00799. The molecule has 0 aliphatic rings. The van der Waals surface area contributed by atoms with Crippen LogP contribution in [0.2, 0.25) is 5.02 Å². The number of halogens is 1. The zero-order valence-corrected chi connectivity index (χ0v) is 10.6. The summed E-state index contributed by atoms with van der Waals surface area (Å²) in [7, 11) is 0. The Bertz CT molecular complexity index is 777. The average molecular weight is 272 g/mol. The smallest absolute Gasteiger partial charge is 0.230 e. The second kappa shape index (κ2) is 4.44. The molecule has 1 heterocycles. The number of furan rings is 1. The van der Waals surface area contributed by atoms with Gasteiger partial charge in [-0.1, -0.05) is 35.9 Å². The van der Waals surface area contributed by atoms with Gasteiger partial charge in [-0.15, -0.1) is 0 Å². The second-order valence-corrected chi connectivity index (χ2v) is 4.59. The molecule has 2 N–H and O–H groups in total. The van der Waals surface area contributed by atoms with Gasteiger partial charge in [0.05, 0.1) is 5.02 Å². The molecule has 94 valence electrons. The summed E-state index contributed by atoms with van der Waals surface area (Å²) < 4.78 is 5.53. The Morgan fingerprint density at radius 1 is 1.11 bits per heavy atom. The SMILES string of the molecule is Nc1ccccc1C(=O)c1cc2cccc(Cl)c2o1. The first-order valence-electron chi connectivity index (χ1n) is 5.74. The van der Waals surface area contributed by atoms with Crippen molar-refractivity contribution in [3.05, 3.63) is 64.9 Å². The Morgan fingerprint density at radius 2 is 1.89 bits per heavy atom. The summed E-state index contributed by atoms with van der Waals surface area (Å²) in [4.78, 5) is 12.3. The van der Waals surface area contributed by atoms with Crippen LogP contribution in [0.1, 0.15) is 16.1 Å². The summed E-state index contributed by atoms with van der Waals surface area (Å²) in [5.41, 5.74) is 7.17. The number of nitrogen functional groups attached to an aromatic ring is 1. The monoisotopic (exact) mass is 271 g/mol. The van der Waals surface area contributed by atoms with Gasteiger partial charge >= 0.3 is 0 Å². The predicted octanol–water partition coefficient (Wildman–Crippen LogP) is 3.90. The summed E-state index contributed by atoms with van der Waals surface area (Å²) in [6.07, 6.45) is 0. The van der Waals surface area contributed by atoms with Crippen molar-refractivity contribution in [3.63, 3.8) is 0 Å². The van der Waals surface area contributed by atoms with Gasteiger partial charge in [-0.2, -0.15) is 0 Å². The Kier molecular flexibility index (Phi) is 2.76. The van der Waals surface area contributed by atoms with E-state index in [1.807, 2.05) is 12.1 Å². The highest BCUT2D eigenvalue weighted by Crippen LogP contribution is 2.28. The quantitative estimate of drug-likeness (QED) is 0.568. The lowest BCUT2D eigenvalue weighted by atomic mass is 10.1. The van der Waals surface area contributed by atoms with Crippen molar-refractivity contribution in [2.45, 2.75) is 0 Å². The van der Waals surface area contributed by atoms with Crippen molar-refractivity contribution in [1.29, 1.82) is 0 Å². The molecule has 19 heavy (non-hydrogen) atoms. The molecule has 0 saturated heterocycles. The Hall–Kier alpha value is -2.26. The topological polar surface area (TPSA) is 56.2 Å². The maximum atomic E-state index is 12.3. The van der Waals surface area contributed by atoms with Crippen molar-refractivity contribution in [2.24, 2.45) is 0 Å². The number of hydrogen-bond donors (Lipinski definition) is 1. The van der Waals surface area contributed by atoms with Crippen LogP contribution in [0, 0.1) is 0 Å². The molecule has 0 saturated carbocycles. The van der Waals surface area contributed by atoms with Crippen LogP contribution in [0.15, 0.2) is 52.9 Å². The number of ketones is 1. The van der Waals surface area contributed by atoms with E-state index in [9.17, 15) is 4.79 Å². The third kappa shape index (κ3) is 1.98. The van der Waals surface area contributed by atoms with E-state index in [0.29, 0.717) is 21.9 Å². The lowest BCUT2D eigenvalue weighted by Gasteiger charge is -2.01. The summed E-state index contributed by atoms with van der Waals surface area (Å²) in [6, 6.07) is 14.0. The first-order chi connectivity index (χ1) is 9.16. The van der Waals surface area contributed by atoms with E-state index in [-0.39, 0.29) is 11.5 Å². The maximum absolute atomic E-state index is 12.3. The van der Waals surface area contributed by atoms with E-state index >= 15 is 0 Å². The fourth-order valence-electron chi connectivity index (χ4n) is 1.98. The number of fused-ring (bicyclic) bond motifs is 1. The number of rotatable bonds is 2. The standard InChI is InChI=1S/C15H10ClNO2/c16-11-6-3-4-9-8-13(19-15(9)11)14(18)10-5-1-2-7-12(10)17/h1-8H,17H2. The normalized spacial score (nSPS) is 10.8. The fourth-order valence-corrected chi connectivity index (χ4v) is 2.20. The van der Waals surface area contributed by atoms with Crippen molar-refractivity contribution >= 4 is 34.0 Å². The van der Waals surface area contributed by atoms with Gasteiger partial charge in [0.25, 0.3) is 0 Å². The van der Waals surface area contributed by atoms with Crippen LogP contribution >= 0.6 is 11.6 Å². The molecule has 0 aliphatic heterocycles. The summed E-state index contributed by atoms with van der Waals surface area (Å²) >= 11 is 6.02. The third-order valence-electron chi connectivity index (χ3n) is 2.93. The highest BCUT2D eigenvalue weighted by molar-refractivity contribution is 6.35. The lowest BCUT2D eigenvalue weighted by Crippen LogP contribution is -2.03. The highest BCUT2D eigenvalue weighted by Gasteiger charge is 2.17. The van der Waals surface area contributed by atoms with E-state index in [0.717, 1.165) is 5.39 Å². The van der Waals surface area contributed by atoms with E-state index < -0.39 is 0 Å². The molecule has 0 bridgehead atoms. The van der Waals surface area contributed by atoms with Crippen LogP contribution in [-0.2, 0) is 0 Å². The number of para-hydroxylation sites is 2. The molecule has 3 nitrogen and oxygen atoms in total. The third-order valence-corrected chi connectivity index (χ3v) is 3.22. The van der Waals surface area contributed by atoms with E-state index in [1.54, 1.807) is 36.4 Å². The van der Waals surface area contributed by atoms with Gasteiger partial charge in [0.2, 0.25) is 5.78 Å². The molecule has 0 amide bonds. The molecule has 0 aliphatic carbocycles. The van der Waals surface area contributed by atoms with Crippen LogP contribution in [0.3, 0.4) is 0 Å². The average Bonchev–Trinajstić information content (AvgIpc) is 2.84. The van der Waals surface area contributed by atoms with E-state index in [4.69, 9.17) is 21.8 Å². The van der Waals surface area contributed by atoms with Crippen LogP contribution in [0.5, 0.6) is 0 Å². The molecule has 0 atom stereocenters. The minimum Gasteiger partial charge on any atom is -0.451 e. The molecule has 3 aromatic rings. The predicted molar refractivity (Wildman–Crippen MR) is 75.5 cm³/mol. The maximum Gasteiger partial charge on any atom is 0.230 e. The molecule has 0 unspecified atom stereocenters. The molecule has 3 rings (SSSR count). The molecule has 0 fully saturated rings. The van der Waals surface area contributed by atoms with Crippen molar-refractivity contribution in [1.82, 2.24) is 0 Å². The number of carbonyl (C=O) groups is 1. The van der Waals surface area contributed by atoms with Gasteiger partial charge in [0.1, 0.15) is 0 Å². The Morgan fingerprint density at radius 3 is 2.63 bits per heavy atom. The molecule has 0 radical (unpaired) electrons. The number of anilines is 1. The molecule has 1 aromatic heterocycles. The van der Waals surface area contributed by atoms with Gasteiger partial charge in [0.15, 0.2) is 11.3 Å². The Balaban J connectivity index is 2.12. The van der Waals surface area contributed by atoms with Gasteiger partial charge in [-0.3, -0.25) is 4.79 Å². The van der Waals surface area contributed by atoms with E-state index in [2.05, 4.69) is 0 Å². The van der Waals surface area contributed by atoms with Crippen LogP contribution in [0.25, 0.3) is 11.0 Å². The van der Waals surface area contributed by atoms with Gasteiger partial charge in [-0.25, -0.2) is 0 Å². The molecule has 4 heteroatoms. The number of hydrogen-bond acceptors (Lipinski definition) is 3.